The van der Waals surface area contributed by atoms with E-state index in [9.17, 15) is 9.59 Å². The van der Waals surface area contributed by atoms with E-state index >= 15 is 0 Å². The lowest BCUT2D eigenvalue weighted by atomic mass is 10.2. The molecule has 2 amide bonds. The van der Waals surface area contributed by atoms with Crippen LogP contribution in [0.4, 0.5) is 10.5 Å². The van der Waals surface area contributed by atoms with Crippen molar-refractivity contribution in [3.63, 3.8) is 0 Å². The number of carboxylic acids is 1. The maximum Gasteiger partial charge on any atom is 0.326 e. The Balaban J connectivity index is 1.98. The van der Waals surface area contributed by atoms with Crippen LogP contribution in [0.25, 0.3) is 0 Å². The van der Waals surface area contributed by atoms with Gasteiger partial charge in [0.15, 0.2) is 0 Å². The molecule has 6 nitrogen and oxygen atoms in total. The van der Waals surface area contributed by atoms with Gasteiger partial charge in [0.25, 0.3) is 0 Å². The Labute approximate surface area is 117 Å². The first kappa shape index (κ1) is 14.3. The molecule has 6 heteroatoms. The molecule has 2 rings (SSSR count). The first-order valence-corrected chi connectivity index (χ1v) is 6.49. The molecule has 0 spiro atoms. The summed E-state index contributed by atoms with van der Waals surface area (Å²) in [5, 5.41) is 14.3. The van der Waals surface area contributed by atoms with Crippen LogP contribution >= 0.6 is 0 Å². The molecule has 3 N–H and O–H groups in total. The minimum atomic E-state index is -0.993. The van der Waals surface area contributed by atoms with Crippen LogP contribution in [0.5, 0.6) is 0 Å². The minimum Gasteiger partial charge on any atom is -0.480 e. The van der Waals surface area contributed by atoms with Gasteiger partial charge in [0.05, 0.1) is 6.61 Å². The zero-order chi connectivity index (χ0) is 14.5. The Hall–Kier alpha value is -2.08. The Morgan fingerprint density at radius 1 is 1.40 bits per heavy atom. The second-order valence-electron chi connectivity index (χ2n) is 4.84. The standard InChI is InChI=1S/C14H18N2O4/c1-20-8-10-4-2-3-5-11(10)15-14(19)16-12(13(17)18)9-6-7-9/h2-5,9,12H,6-8H2,1H3,(H,17,18)(H2,15,16,19). The first-order chi connectivity index (χ1) is 9.61. The normalized spacial score (nSPS) is 15.4. The third kappa shape index (κ3) is 3.71. The molecule has 1 fully saturated rings. The number of carbonyl (C=O) groups is 2. The van der Waals surface area contributed by atoms with E-state index in [4.69, 9.17) is 9.84 Å². The average Bonchev–Trinajstić information content (AvgIpc) is 3.22. The van der Waals surface area contributed by atoms with E-state index in [-0.39, 0.29) is 5.92 Å². The molecule has 0 saturated heterocycles. The van der Waals surface area contributed by atoms with Crippen LogP contribution in [0.3, 0.4) is 0 Å². The number of carboxylic acid groups (broad SMARTS) is 1. The van der Waals surface area contributed by atoms with Gasteiger partial charge in [0.1, 0.15) is 6.04 Å². The summed E-state index contributed by atoms with van der Waals surface area (Å²) >= 11 is 0. The first-order valence-electron chi connectivity index (χ1n) is 6.49. The fraction of sp³-hybridized carbons (Fsp3) is 0.429. The van der Waals surface area contributed by atoms with E-state index in [1.54, 1.807) is 19.2 Å². The van der Waals surface area contributed by atoms with Gasteiger partial charge in [0, 0.05) is 18.4 Å². The second-order valence-corrected chi connectivity index (χ2v) is 4.84. The quantitative estimate of drug-likeness (QED) is 0.740. The lowest BCUT2D eigenvalue weighted by Gasteiger charge is -2.15. The molecule has 1 aliphatic rings. The van der Waals surface area contributed by atoms with Gasteiger partial charge < -0.3 is 20.5 Å². The maximum atomic E-state index is 11.9. The molecule has 0 heterocycles. The van der Waals surface area contributed by atoms with Crippen LogP contribution in [0, 0.1) is 5.92 Å². The molecule has 1 aromatic rings. The third-order valence-corrected chi connectivity index (χ3v) is 3.21. The second kappa shape index (κ2) is 6.38. The Kier molecular flexibility index (Phi) is 4.57. The van der Waals surface area contributed by atoms with Crippen LogP contribution in [-0.2, 0) is 16.1 Å². The molecule has 0 radical (unpaired) electrons. The van der Waals surface area contributed by atoms with Crippen molar-refractivity contribution in [3.8, 4) is 0 Å². The number of anilines is 1. The van der Waals surface area contributed by atoms with Gasteiger partial charge in [-0.05, 0) is 24.8 Å². The number of hydrogen-bond acceptors (Lipinski definition) is 3. The number of ether oxygens (including phenoxy) is 1. The van der Waals surface area contributed by atoms with E-state index in [2.05, 4.69) is 10.6 Å². The molecular formula is C14H18N2O4. The summed E-state index contributed by atoms with van der Waals surface area (Å²) in [5.41, 5.74) is 1.45. The zero-order valence-corrected chi connectivity index (χ0v) is 11.3. The molecular weight excluding hydrogens is 260 g/mol. The molecule has 108 valence electrons. The van der Waals surface area contributed by atoms with Gasteiger partial charge >= 0.3 is 12.0 Å². The number of amides is 2. The van der Waals surface area contributed by atoms with Crippen LogP contribution in [0.1, 0.15) is 18.4 Å². The molecule has 0 bridgehead atoms. The summed E-state index contributed by atoms with van der Waals surface area (Å²) in [6.45, 7) is 0.376. The number of nitrogens with one attached hydrogen (secondary N) is 2. The highest BCUT2D eigenvalue weighted by Crippen LogP contribution is 2.32. The van der Waals surface area contributed by atoms with E-state index < -0.39 is 18.0 Å². The lowest BCUT2D eigenvalue weighted by molar-refractivity contribution is -0.139. The van der Waals surface area contributed by atoms with Gasteiger partial charge in [-0.15, -0.1) is 0 Å². The predicted octanol–water partition coefficient (Wildman–Crippen LogP) is 1.82. The fourth-order valence-electron chi connectivity index (χ4n) is 2.03. The molecule has 1 atom stereocenters. The summed E-state index contributed by atoms with van der Waals surface area (Å²) in [6, 6.07) is 5.92. The summed E-state index contributed by atoms with van der Waals surface area (Å²) in [5.74, 6) is -0.944. The smallest absolute Gasteiger partial charge is 0.326 e. The van der Waals surface area contributed by atoms with Crippen molar-refractivity contribution in [3.05, 3.63) is 29.8 Å². The topological polar surface area (TPSA) is 87.7 Å². The maximum absolute atomic E-state index is 11.9. The average molecular weight is 278 g/mol. The van der Waals surface area contributed by atoms with Crippen molar-refractivity contribution in [2.45, 2.75) is 25.5 Å². The highest BCUT2D eigenvalue weighted by Gasteiger charge is 2.37. The fourth-order valence-corrected chi connectivity index (χ4v) is 2.03. The highest BCUT2D eigenvalue weighted by atomic mass is 16.5. The van der Waals surface area contributed by atoms with Crippen molar-refractivity contribution in [1.29, 1.82) is 0 Å². The van der Waals surface area contributed by atoms with Gasteiger partial charge in [-0.25, -0.2) is 9.59 Å². The number of aliphatic carboxylic acids is 1. The number of rotatable bonds is 6. The SMILES string of the molecule is COCc1ccccc1NC(=O)NC(C(=O)O)C1CC1. The monoisotopic (exact) mass is 278 g/mol. The predicted molar refractivity (Wildman–Crippen MR) is 73.5 cm³/mol. The molecule has 0 aromatic heterocycles. The molecule has 0 aliphatic heterocycles. The number of benzene rings is 1. The Morgan fingerprint density at radius 3 is 2.70 bits per heavy atom. The van der Waals surface area contributed by atoms with Gasteiger partial charge in [-0.2, -0.15) is 0 Å². The zero-order valence-electron chi connectivity index (χ0n) is 11.3. The van der Waals surface area contributed by atoms with Crippen molar-refractivity contribution in [1.82, 2.24) is 5.32 Å². The minimum absolute atomic E-state index is 0.0486. The number of methoxy groups -OCH3 is 1. The summed E-state index contributed by atoms with van der Waals surface area (Å²) in [4.78, 5) is 23.0. The molecule has 1 saturated carbocycles. The van der Waals surface area contributed by atoms with Crippen LogP contribution in [0.15, 0.2) is 24.3 Å². The van der Waals surface area contributed by atoms with Gasteiger partial charge in [-0.1, -0.05) is 18.2 Å². The van der Waals surface area contributed by atoms with E-state index in [0.29, 0.717) is 12.3 Å². The third-order valence-electron chi connectivity index (χ3n) is 3.21. The molecule has 20 heavy (non-hydrogen) atoms. The Bertz CT molecular complexity index is 500. The summed E-state index contributed by atoms with van der Waals surface area (Å²) in [7, 11) is 1.57. The number of urea groups is 1. The molecule has 1 unspecified atom stereocenters. The van der Waals surface area contributed by atoms with E-state index in [0.717, 1.165) is 18.4 Å². The number of para-hydroxylation sites is 1. The summed E-state index contributed by atoms with van der Waals surface area (Å²) < 4.78 is 5.05. The molecule has 1 aromatic carbocycles. The summed E-state index contributed by atoms with van der Waals surface area (Å²) in [6.07, 6.45) is 1.69. The molecule has 1 aliphatic carbocycles. The van der Waals surface area contributed by atoms with E-state index in [1.807, 2.05) is 12.1 Å². The van der Waals surface area contributed by atoms with Crippen molar-refractivity contribution >= 4 is 17.7 Å². The lowest BCUT2D eigenvalue weighted by Crippen LogP contribution is -2.44. The van der Waals surface area contributed by atoms with Gasteiger partial charge in [-0.3, -0.25) is 0 Å². The van der Waals surface area contributed by atoms with E-state index in [1.165, 1.54) is 0 Å². The Morgan fingerprint density at radius 2 is 2.10 bits per heavy atom. The van der Waals surface area contributed by atoms with Crippen molar-refractivity contribution < 1.29 is 19.4 Å². The van der Waals surface area contributed by atoms with Crippen LogP contribution in [0.2, 0.25) is 0 Å². The van der Waals surface area contributed by atoms with Crippen LogP contribution in [-0.4, -0.2) is 30.3 Å². The highest BCUT2D eigenvalue weighted by molar-refractivity contribution is 5.93. The largest absolute Gasteiger partial charge is 0.480 e. The van der Waals surface area contributed by atoms with Crippen molar-refractivity contribution in [2.75, 3.05) is 12.4 Å². The van der Waals surface area contributed by atoms with Crippen molar-refractivity contribution in [2.24, 2.45) is 5.92 Å². The number of hydrogen-bond donors (Lipinski definition) is 3. The van der Waals surface area contributed by atoms with Crippen LogP contribution < -0.4 is 10.6 Å². The number of carbonyl (C=O) groups excluding carboxylic acids is 1. The van der Waals surface area contributed by atoms with Gasteiger partial charge in [0.2, 0.25) is 0 Å².